The molecule has 0 aliphatic heterocycles. The van der Waals surface area contributed by atoms with Crippen molar-refractivity contribution in [1.82, 2.24) is 5.32 Å². The molecular weight excluding hydrogens is 214 g/mol. The number of Topliss-reactive ketones (excluding diaryl/α,β-unsaturated/α-hetero) is 1. The molecular formula is C14H25NO2. The van der Waals surface area contributed by atoms with E-state index in [2.05, 4.69) is 5.32 Å². The number of hydrogen-bond acceptors (Lipinski definition) is 2. The lowest BCUT2D eigenvalue weighted by Gasteiger charge is -2.23. The van der Waals surface area contributed by atoms with E-state index in [4.69, 9.17) is 0 Å². The SMILES string of the molecule is CC(C)C(=O)C(=O)N[C@H](C)C1CCCCCC1. The molecule has 1 amide bonds. The minimum atomic E-state index is -0.406. The largest absolute Gasteiger partial charge is 0.347 e. The van der Waals surface area contributed by atoms with Crippen molar-refractivity contribution in [1.29, 1.82) is 0 Å². The lowest BCUT2D eigenvalue weighted by molar-refractivity contribution is -0.140. The molecule has 98 valence electrons. The molecule has 1 rings (SSSR count). The average molecular weight is 239 g/mol. The number of rotatable bonds is 4. The Morgan fingerprint density at radius 2 is 1.53 bits per heavy atom. The molecule has 0 bridgehead atoms. The topological polar surface area (TPSA) is 46.2 Å². The van der Waals surface area contributed by atoms with Gasteiger partial charge in [0.05, 0.1) is 0 Å². The van der Waals surface area contributed by atoms with Crippen molar-refractivity contribution in [3.05, 3.63) is 0 Å². The molecule has 17 heavy (non-hydrogen) atoms. The van der Waals surface area contributed by atoms with Gasteiger partial charge in [0, 0.05) is 12.0 Å². The molecule has 0 aromatic rings. The van der Waals surface area contributed by atoms with Crippen LogP contribution < -0.4 is 5.32 Å². The van der Waals surface area contributed by atoms with E-state index in [9.17, 15) is 9.59 Å². The monoisotopic (exact) mass is 239 g/mol. The summed E-state index contributed by atoms with van der Waals surface area (Å²) in [5, 5.41) is 2.87. The summed E-state index contributed by atoms with van der Waals surface area (Å²) < 4.78 is 0. The second kappa shape index (κ2) is 6.77. The first-order valence-corrected chi connectivity index (χ1v) is 6.87. The molecule has 3 nitrogen and oxygen atoms in total. The standard InChI is InChI=1S/C14H25NO2/c1-10(2)13(16)14(17)15-11(3)12-8-6-4-5-7-9-12/h10-12H,4-9H2,1-3H3,(H,15,17)/t11-/m1/s1. The zero-order valence-electron chi connectivity index (χ0n) is 11.3. The van der Waals surface area contributed by atoms with Gasteiger partial charge in [0.2, 0.25) is 5.78 Å². The Bertz CT molecular complexity index is 265. The van der Waals surface area contributed by atoms with Crippen molar-refractivity contribution in [2.45, 2.75) is 65.3 Å². The van der Waals surface area contributed by atoms with Gasteiger partial charge in [-0.1, -0.05) is 39.5 Å². The van der Waals surface area contributed by atoms with Crippen LogP contribution in [0.4, 0.5) is 0 Å². The van der Waals surface area contributed by atoms with Crippen molar-refractivity contribution in [3.8, 4) is 0 Å². The molecule has 1 N–H and O–H groups in total. The van der Waals surface area contributed by atoms with E-state index in [-0.39, 0.29) is 17.7 Å². The Morgan fingerprint density at radius 1 is 1.00 bits per heavy atom. The molecule has 3 heteroatoms. The molecule has 0 aromatic carbocycles. The van der Waals surface area contributed by atoms with E-state index in [0.29, 0.717) is 5.92 Å². The van der Waals surface area contributed by atoms with Gasteiger partial charge >= 0.3 is 0 Å². The highest BCUT2D eigenvalue weighted by Crippen LogP contribution is 2.25. The van der Waals surface area contributed by atoms with Crippen LogP contribution in [0.3, 0.4) is 0 Å². The molecule has 0 spiro atoms. The van der Waals surface area contributed by atoms with Gasteiger partial charge in [-0.05, 0) is 25.7 Å². The predicted octanol–water partition coefficient (Wildman–Crippen LogP) is 2.69. The van der Waals surface area contributed by atoms with Crippen LogP contribution in [0.15, 0.2) is 0 Å². The maximum atomic E-state index is 11.7. The summed E-state index contributed by atoms with van der Waals surface area (Å²) in [5.74, 6) is -0.375. The molecule has 0 saturated heterocycles. The van der Waals surface area contributed by atoms with Crippen LogP contribution in [0.2, 0.25) is 0 Å². The molecule has 1 atom stereocenters. The average Bonchev–Trinajstić information content (AvgIpc) is 2.56. The molecule has 0 heterocycles. The summed E-state index contributed by atoms with van der Waals surface area (Å²) in [5.41, 5.74) is 0. The van der Waals surface area contributed by atoms with E-state index < -0.39 is 5.91 Å². The third-order valence-corrected chi connectivity index (χ3v) is 3.71. The number of nitrogens with one attached hydrogen (secondary N) is 1. The van der Waals surface area contributed by atoms with Gasteiger partial charge in [0.1, 0.15) is 0 Å². The highest BCUT2D eigenvalue weighted by atomic mass is 16.2. The third kappa shape index (κ3) is 4.49. The fourth-order valence-electron chi connectivity index (χ4n) is 2.47. The quantitative estimate of drug-likeness (QED) is 0.605. The third-order valence-electron chi connectivity index (χ3n) is 3.71. The van der Waals surface area contributed by atoms with Crippen LogP contribution in [-0.4, -0.2) is 17.7 Å². The second-order valence-electron chi connectivity index (χ2n) is 5.53. The number of ketones is 1. The minimum absolute atomic E-state index is 0.128. The summed E-state index contributed by atoms with van der Waals surface area (Å²) in [6, 6.07) is 0.128. The maximum absolute atomic E-state index is 11.7. The smallest absolute Gasteiger partial charge is 0.287 e. The highest BCUT2D eigenvalue weighted by Gasteiger charge is 2.24. The van der Waals surface area contributed by atoms with Crippen molar-refractivity contribution < 1.29 is 9.59 Å². The fourth-order valence-corrected chi connectivity index (χ4v) is 2.47. The van der Waals surface area contributed by atoms with Gasteiger partial charge < -0.3 is 5.32 Å². The van der Waals surface area contributed by atoms with E-state index >= 15 is 0 Å². The Morgan fingerprint density at radius 3 is 2.00 bits per heavy atom. The Kier molecular flexibility index (Phi) is 5.66. The van der Waals surface area contributed by atoms with Gasteiger partial charge in [-0.15, -0.1) is 0 Å². The Labute approximate surface area is 104 Å². The molecule has 0 unspecified atom stereocenters. The first-order chi connectivity index (χ1) is 8.02. The zero-order valence-corrected chi connectivity index (χ0v) is 11.3. The van der Waals surface area contributed by atoms with E-state index in [1.165, 1.54) is 38.5 Å². The van der Waals surface area contributed by atoms with Crippen LogP contribution in [0, 0.1) is 11.8 Å². The summed E-state index contributed by atoms with van der Waals surface area (Å²) in [6.45, 7) is 5.55. The maximum Gasteiger partial charge on any atom is 0.287 e. The number of carbonyl (C=O) groups is 2. The van der Waals surface area contributed by atoms with E-state index in [1.54, 1.807) is 13.8 Å². The summed E-state index contributed by atoms with van der Waals surface area (Å²) in [4.78, 5) is 23.2. The van der Waals surface area contributed by atoms with Crippen LogP contribution in [0.1, 0.15) is 59.3 Å². The molecule has 1 saturated carbocycles. The molecule has 1 aliphatic rings. The number of hydrogen-bond donors (Lipinski definition) is 1. The summed E-state index contributed by atoms with van der Waals surface area (Å²) in [7, 11) is 0. The summed E-state index contributed by atoms with van der Waals surface area (Å²) in [6.07, 6.45) is 7.48. The first-order valence-electron chi connectivity index (χ1n) is 6.87. The lowest BCUT2D eigenvalue weighted by atomic mass is 9.92. The second-order valence-corrected chi connectivity index (χ2v) is 5.53. The molecule has 1 aliphatic carbocycles. The van der Waals surface area contributed by atoms with Gasteiger partial charge in [-0.2, -0.15) is 0 Å². The Balaban J connectivity index is 2.44. The first kappa shape index (κ1) is 14.2. The van der Waals surface area contributed by atoms with Gasteiger partial charge in [0.15, 0.2) is 0 Å². The molecule has 0 radical (unpaired) electrons. The van der Waals surface area contributed by atoms with Crippen LogP contribution in [0.5, 0.6) is 0 Å². The predicted molar refractivity (Wildman–Crippen MR) is 68.6 cm³/mol. The Hall–Kier alpha value is -0.860. The van der Waals surface area contributed by atoms with Crippen molar-refractivity contribution in [2.75, 3.05) is 0 Å². The van der Waals surface area contributed by atoms with Crippen molar-refractivity contribution >= 4 is 11.7 Å². The van der Waals surface area contributed by atoms with Crippen LogP contribution >= 0.6 is 0 Å². The van der Waals surface area contributed by atoms with Gasteiger partial charge in [-0.3, -0.25) is 9.59 Å². The fraction of sp³-hybridized carbons (Fsp3) is 0.857. The van der Waals surface area contributed by atoms with Crippen LogP contribution in [0.25, 0.3) is 0 Å². The number of amides is 1. The van der Waals surface area contributed by atoms with Crippen molar-refractivity contribution in [3.63, 3.8) is 0 Å². The highest BCUT2D eigenvalue weighted by molar-refractivity contribution is 6.36. The van der Waals surface area contributed by atoms with E-state index in [0.717, 1.165) is 0 Å². The lowest BCUT2D eigenvalue weighted by Crippen LogP contribution is -2.42. The summed E-state index contributed by atoms with van der Waals surface area (Å²) >= 11 is 0. The molecule has 0 aromatic heterocycles. The molecule has 1 fully saturated rings. The van der Waals surface area contributed by atoms with Crippen molar-refractivity contribution in [2.24, 2.45) is 11.8 Å². The van der Waals surface area contributed by atoms with Crippen LogP contribution in [-0.2, 0) is 9.59 Å². The minimum Gasteiger partial charge on any atom is -0.347 e. The van der Waals surface area contributed by atoms with Gasteiger partial charge in [0.25, 0.3) is 5.91 Å². The van der Waals surface area contributed by atoms with E-state index in [1.807, 2.05) is 6.92 Å². The zero-order chi connectivity index (χ0) is 12.8. The van der Waals surface area contributed by atoms with Gasteiger partial charge in [-0.25, -0.2) is 0 Å². The number of carbonyl (C=O) groups excluding carboxylic acids is 2. The normalized spacial score (nSPS) is 19.8.